The average Bonchev–Trinajstić information content (AvgIpc) is 1.80. The Kier molecular flexibility index (Phi) is 4.45. The van der Waals surface area contributed by atoms with Crippen LogP contribution in [-0.2, 0) is 0 Å². The van der Waals surface area contributed by atoms with Gasteiger partial charge < -0.3 is 4.90 Å². The first-order valence-corrected chi connectivity index (χ1v) is 3.45. The molecule has 0 aliphatic carbocycles. The summed E-state index contributed by atoms with van der Waals surface area (Å²) < 4.78 is 0. The molecule has 0 amide bonds. The maximum atomic E-state index is 10.2. The molecular formula is C6H12N4O3. The zero-order valence-electron chi connectivity index (χ0n) is 7.67. The van der Waals surface area contributed by atoms with Gasteiger partial charge in [-0.2, -0.15) is 0 Å². The second kappa shape index (κ2) is 5.09. The molecule has 0 saturated heterocycles. The van der Waals surface area contributed by atoms with Crippen molar-refractivity contribution in [1.29, 1.82) is 0 Å². The second-order valence-corrected chi connectivity index (χ2v) is 2.70. The Morgan fingerprint density at radius 3 is 1.08 bits per heavy atom. The van der Waals surface area contributed by atoms with Gasteiger partial charge in [-0.15, -0.1) is 0 Å². The van der Waals surface area contributed by atoms with Gasteiger partial charge in [-0.3, -0.25) is 15.0 Å². The fraction of sp³-hybridized carbons (Fsp3) is 0.500. The van der Waals surface area contributed by atoms with E-state index in [1.54, 1.807) is 15.0 Å². The number of hydrogen-bond donors (Lipinski definition) is 3. The van der Waals surface area contributed by atoms with Gasteiger partial charge in [-0.25, -0.2) is 14.4 Å². The Bertz CT molecular complexity index is 318. The second-order valence-electron chi connectivity index (χ2n) is 2.70. The van der Waals surface area contributed by atoms with Gasteiger partial charge in [0.2, 0.25) is 0 Å². The van der Waals surface area contributed by atoms with Gasteiger partial charge in [0.25, 0.3) is 0 Å². The van der Waals surface area contributed by atoms with E-state index in [2.05, 4.69) is 0 Å². The molecule has 0 fully saturated rings. The SMILES string of the molecule is CN(C)C.O=c1[nH]c(=O)[nH]c(=O)[nH]1. The van der Waals surface area contributed by atoms with Crippen LogP contribution < -0.4 is 17.1 Å². The quantitative estimate of drug-likeness (QED) is 0.435. The molecule has 0 unspecified atom stereocenters. The summed E-state index contributed by atoms with van der Waals surface area (Å²) in [6.07, 6.45) is 0. The maximum absolute atomic E-state index is 10.2. The van der Waals surface area contributed by atoms with Crippen LogP contribution in [0.15, 0.2) is 14.4 Å². The topological polar surface area (TPSA) is 102 Å². The lowest BCUT2D eigenvalue weighted by atomic mass is 11.0. The molecule has 74 valence electrons. The number of nitrogens with one attached hydrogen (secondary N) is 3. The van der Waals surface area contributed by atoms with Gasteiger partial charge in [-0.05, 0) is 21.1 Å². The van der Waals surface area contributed by atoms with Crippen molar-refractivity contribution in [3.05, 3.63) is 31.5 Å². The molecule has 0 saturated carbocycles. The summed E-state index contributed by atoms with van der Waals surface area (Å²) in [6.45, 7) is 0. The highest BCUT2D eigenvalue weighted by molar-refractivity contribution is 4.60. The molecule has 0 spiro atoms. The van der Waals surface area contributed by atoms with Crippen LogP contribution >= 0.6 is 0 Å². The van der Waals surface area contributed by atoms with Crippen LogP contribution in [0.5, 0.6) is 0 Å². The smallest absolute Gasteiger partial charge is 0.312 e. The summed E-state index contributed by atoms with van der Waals surface area (Å²) in [7, 11) is 6.00. The van der Waals surface area contributed by atoms with Crippen molar-refractivity contribution in [3.63, 3.8) is 0 Å². The molecule has 0 radical (unpaired) electrons. The highest BCUT2D eigenvalue weighted by Gasteiger charge is 1.84. The van der Waals surface area contributed by atoms with Gasteiger partial charge in [0.05, 0.1) is 0 Å². The predicted molar refractivity (Wildman–Crippen MR) is 47.9 cm³/mol. The van der Waals surface area contributed by atoms with Crippen molar-refractivity contribution < 1.29 is 0 Å². The first-order valence-electron chi connectivity index (χ1n) is 3.45. The standard InChI is InChI=1S/C3H3N3O3.C3H9N/c7-1-4-2(8)6-3(9)5-1;1-4(2)3/h(H3,4,5,6,7,8,9);1-3H3. The van der Waals surface area contributed by atoms with Crippen molar-refractivity contribution in [2.24, 2.45) is 0 Å². The van der Waals surface area contributed by atoms with Gasteiger partial charge in [-0.1, -0.05) is 0 Å². The fourth-order valence-electron chi connectivity index (χ4n) is 0.403. The molecule has 0 atom stereocenters. The fourth-order valence-corrected chi connectivity index (χ4v) is 0.403. The summed E-state index contributed by atoms with van der Waals surface area (Å²) in [4.78, 5) is 37.9. The van der Waals surface area contributed by atoms with Gasteiger partial charge in [0, 0.05) is 0 Å². The highest BCUT2D eigenvalue weighted by Crippen LogP contribution is 1.47. The van der Waals surface area contributed by atoms with Crippen molar-refractivity contribution in [2.45, 2.75) is 0 Å². The molecule has 7 nitrogen and oxygen atoms in total. The van der Waals surface area contributed by atoms with Crippen molar-refractivity contribution in [3.8, 4) is 0 Å². The molecule has 0 aliphatic rings. The Hall–Kier alpha value is -1.63. The van der Waals surface area contributed by atoms with Crippen LogP contribution in [0.2, 0.25) is 0 Å². The molecule has 0 aromatic carbocycles. The minimum atomic E-state index is -0.802. The van der Waals surface area contributed by atoms with Crippen LogP contribution in [0, 0.1) is 0 Å². The van der Waals surface area contributed by atoms with Gasteiger partial charge in [0.15, 0.2) is 0 Å². The van der Waals surface area contributed by atoms with E-state index in [0.717, 1.165) is 0 Å². The molecule has 1 heterocycles. The minimum absolute atomic E-state index is 0.802. The Morgan fingerprint density at radius 1 is 0.769 bits per heavy atom. The number of aromatic amines is 3. The van der Waals surface area contributed by atoms with E-state index in [1.807, 2.05) is 26.0 Å². The summed E-state index contributed by atoms with van der Waals surface area (Å²) >= 11 is 0. The Morgan fingerprint density at radius 2 is 0.923 bits per heavy atom. The molecule has 1 rings (SSSR count). The van der Waals surface area contributed by atoms with Crippen LogP contribution in [0.3, 0.4) is 0 Å². The van der Waals surface area contributed by atoms with E-state index < -0.39 is 17.1 Å². The molecule has 0 aliphatic heterocycles. The van der Waals surface area contributed by atoms with Crippen LogP contribution in [0.25, 0.3) is 0 Å². The third-order valence-electron chi connectivity index (χ3n) is 0.681. The molecule has 13 heavy (non-hydrogen) atoms. The lowest BCUT2D eigenvalue weighted by Crippen LogP contribution is -2.34. The number of rotatable bonds is 0. The molecule has 1 aromatic rings. The summed E-state index contributed by atoms with van der Waals surface area (Å²) in [6, 6.07) is 0. The number of hydrogen-bond acceptors (Lipinski definition) is 4. The normalized spacial score (nSPS) is 9.23. The van der Waals surface area contributed by atoms with E-state index in [0.29, 0.717) is 0 Å². The van der Waals surface area contributed by atoms with Gasteiger partial charge in [0.1, 0.15) is 0 Å². The highest BCUT2D eigenvalue weighted by atomic mass is 16.2. The van der Waals surface area contributed by atoms with Crippen molar-refractivity contribution in [1.82, 2.24) is 19.9 Å². The summed E-state index contributed by atoms with van der Waals surface area (Å²) in [5.74, 6) is 0. The first-order chi connectivity index (χ1) is 5.91. The van der Waals surface area contributed by atoms with E-state index in [9.17, 15) is 14.4 Å². The Labute approximate surface area is 73.4 Å². The molecular weight excluding hydrogens is 176 g/mol. The molecule has 7 heteroatoms. The predicted octanol–water partition coefficient (Wildman–Crippen LogP) is -2.07. The lowest BCUT2D eigenvalue weighted by Gasteiger charge is -1.90. The van der Waals surface area contributed by atoms with Crippen molar-refractivity contribution in [2.75, 3.05) is 21.1 Å². The van der Waals surface area contributed by atoms with E-state index in [4.69, 9.17) is 0 Å². The average molecular weight is 188 g/mol. The van der Waals surface area contributed by atoms with Gasteiger partial charge >= 0.3 is 17.1 Å². The number of aromatic nitrogens is 3. The lowest BCUT2D eigenvalue weighted by molar-refractivity contribution is 0.505. The third kappa shape index (κ3) is 6.76. The zero-order chi connectivity index (χ0) is 10.4. The van der Waals surface area contributed by atoms with E-state index in [-0.39, 0.29) is 0 Å². The monoisotopic (exact) mass is 188 g/mol. The molecule has 0 bridgehead atoms. The Balaban J connectivity index is 0.000000310. The van der Waals surface area contributed by atoms with E-state index >= 15 is 0 Å². The first kappa shape index (κ1) is 11.4. The van der Waals surface area contributed by atoms with Crippen LogP contribution in [0.1, 0.15) is 0 Å². The summed E-state index contributed by atoms with van der Waals surface area (Å²) in [5, 5.41) is 0. The maximum Gasteiger partial charge on any atom is 0.330 e. The minimum Gasteiger partial charge on any atom is -0.312 e. The molecule has 3 N–H and O–H groups in total. The number of nitrogens with zero attached hydrogens (tertiary/aromatic N) is 1. The van der Waals surface area contributed by atoms with Crippen molar-refractivity contribution >= 4 is 0 Å². The zero-order valence-corrected chi connectivity index (χ0v) is 7.67. The summed E-state index contributed by atoms with van der Waals surface area (Å²) in [5.41, 5.74) is -2.41. The molecule has 1 aromatic heterocycles. The van der Waals surface area contributed by atoms with Crippen LogP contribution in [-0.4, -0.2) is 41.0 Å². The third-order valence-corrected chi connectivity index (χ3v) is 0.681. The van der Waals surface area contributed by atoms with Crippen LogP contribution in [0.4, 0.5) is 0 Å². The number of H-pyrrole nitrogens is 3. The van der Waals surface area contributed by atoms with E-state index in [1.165, 1.54) is 0 Å². The largest absolute Gasteiger partial charge is 0.330 e.